The van der Waals surface area contributed by atoms with Crippen LogP contribution in [0.15, 0.2) is 30.3 Å². The Hall–Kier alpha value is -1.31. The van der Waals surface area contributed by atoms with E-state index in [0.717, 1.165) is 12.3 Å². The maximum atomic E-state index is 12.1. The fraction of sp³-hybridized carbons (Fsp3) is 0.529. The normalized spacial score (nSPS) is 16.3. The van der Waals surface area contributed by atoms with Crippen LogP contribution in [-0.4, -0.2) is 17.9 Å². The molecule has 103 valence electrons. The molecule has 1 saturated carbocycles. The third-order valence-electron chi connectivity index (χ3n) is 3.99. The van der Waals surface area contributed by atoms with Crippen molar-refractivity contribution in [1.29, 1.82) is 0 Å². The number of nitrogens with zero attached hydrogens (tertiary/aromatic N) is 1. The van der Waals surface area contributed by atoms with Crippen LogP contribution < -0.4 is 0 Å². The van der Waals surface area contributed by atoms with Crippen LogP contribution in [0.2, 0.25) is 0 Å². The molecule has 1 aromatic rings. The number of benzene rings is 1. The first-order chi connectivity index (χ1) is 9.25. The number of carbonyl (C=O) groups excluding carboxylic acids is 1. The molecule has 0 N–H and O–H groups in total. The van der Waals surface area contributed by atoms with E-state index in [4.69, 9.17) is 0 Å². The van der Waals surface area contributed by atoms with Gasteiger partial charge in [0.15, 0.2) is 0 Å². The maximum absolute atomic E-state index is 12.1. The first-order valence-corrected chi connectivity index (χ1v) is 7.38. The van der Waals surface area contributed by atoms with Crippen molar-refractivity contribution in [3.05, 3.63) is 42.3 Å². The quantitative estimate of drug-likeness (QED) is 0.786. The minimum absolute atomic E-state index is 0.162. The summed E-state index contributed by atoms with van der Waals surface area (Å²) in [6.45, 7) is 0.695. The van der Waals surface area contributed by atoms with Gasteiger partial charge in [-0.25, -0.2) is 0 Å². The van der Waals surface area contributed by atoms with Gasteiger partial charge in [-0.2, -0.15) is 0 Å². The zero-order chi connectivity index (χ0) is 13.5. The van der Waals surface area contributed by atoms with Gasteiger partial charge in [-0.1, -0.05) is 62.4 Å². The lowest BCUT2D eigenvalue weighted by Crippen LogP contribution is -2.27. The highest BCUT2D eigenvalue weighted by atomic mass is 16.2. The van der Waals surface area contributed by atoms with Gasteiger partial charge in [0.1, 0.15) is 0 Å². The molecule has 0 unspecified atom stereocenters. The van der Waals surface area contributed by atoms with Gasteiger partial charge in [0.25, 0.3) is 0 Å². The van der Waals surface area contributed by atoms with Gasteiger partial charge < -0.3 is 4.90 Å². The molecular formula is C17H24NO. The van der Waals surface area contributed by atoms with Crippen LogP contribution in [0.3, 0.4) is 0 Å². The summed E-state index contributed by atoms with van der Waals surface area (Å²) in [6, 6.07) is 10.1. The van der Waals surface area contributed by atoms with E-state index >= 15 is 0 Å². The molecule has 0 saturated heterocycles. The Morgan fingerprint density at radius 1 is 1.21 bits per heavy atom. The second-order valence-electron chi connectivity index (χ2n) is 5.62. The summed E-state index contributed by atoms with van der Waals surface area (Å²) in [5.74, 6) is 0.900. The van der Waals surface area contributed by atoms with Crippen LogP contribution in [-0.2, 0) is 11.3 Å². The zero-order valence-electron chi connectivity index (χ0n) is 11.8. The smallest absolute Gasteiger partial charge is 0.226 e. The van der Waals surface area contributed by atoms with Gasteiger partial charge in [-0.05, 0) is 17.9 Å². The van der Waals surface area contributed by atoms with Crippen LogP contribution in [0, 0.1) is 12.3 Å². The summed E-state index contributed by atoms with van der Waals surface area (Å²) in [6.07, 6.45) is 9.49. The van der Waals surface area contributed by atoms with E-state index in [2.05, 4.69) is 12.1 Å². The summed E-state index contributed by atoms with van der Waals surface area (Å²) in [5, 5.41) is 0. The molecule has 1 radical (unpaired) electrons. The Balaban J connectivity index is 1.73. The first kappa shape index (κ1) is 14.1. The van der Waals surface area contributed by atoms with E-state index in [9.17, 15) is 4.79 Å². The fourth-order valence-corrected chi connectivity index (χ4v) is 2.78. The van der Waals surface area contributed by atoms with Crippen molar-refractivity contribution in [3.63, 3.8) is 0 Å². The monoisotopic (exact) mass is 258 g/mol. The van der Waals surface area contributed by atoms with E-state index in [1.54, 1.807) is 4.90 Å². The molecule has 1 aliphatic rings. The molecule has 1 aliphatic carbocycles. The second-order valence-corrected chi connectivity index (χ2v) is 5.62. The number of carbonyl (C=O) groups is 1. The van der Waals surface area contributed by atoms with Gasteiger partial charge in [-0.3, -0.25) is 4.79 Å². The zero-order valence-corrected chi connectivity index (χ0v) is 11.8. The van der Waals surface area contributed by atoms with Crippen molar-refractivity contribution < 1.29 is 4.79 Å². The van der Waals surface area contributed by atoms with Gasteiger partial charge in [0.2, 0.25) is 5.91 Å². The van der Waals surface area contributed by atoms with Gasteiger partial charge in [0.05, 0.1) is 0 Å². The predicted molar refractivity (Wildman–Crippen MR) is 78.4 cm³/mol. The summed E-state index contributed by atoms with van der Waals surface area (Å²) < 4.78 is 0. The highest BCUT2D eigenvalue weighted by Gasteiger charge is 2.16. The predicted octanol–water partition coefficient (Wildman–Crippen LogP) is 3.82. The van der Waals surface area contributed by atoms with E-state index in [0.29, 0.717) is 6.54 Å². The molecule has 1 fully saturated rings. The Morgan fingerprint density at radius 2 is 1.89 bits per heavy atom. The molecule has 1 aromatic carbocycles. The molecule has 2 rings (SSSR count). The van der Waals surface area contributed by atoms with Crippen molar-refractivity contribution in [2.45, 2.75) is 45.1 Å². The Bertz CT molecular complexity index is 382. The Kier molecular flexibility index (Phi) is 5.44. The molecule has 0 heterocycles. The minimum atomic E-state index is 0.162. The lowest BCUT2D eigenvalue weighted by Gasteiger charge is -2.22. The van der Waals surface area contributed by atoms with Crippen LogP contribution in [0.5, 0.6) is 0 Å². The highest BCUT2D eigenvalue weighted by molar-refractivity contribution is 5.84. The van der Waals surface area contributed by atoms with Crippen molar-refractivity contribution >= 4 is 5.91 Å². The number of amides is 1. The van der Waals surface area contributed by atoms with Crippen LogP contribution >= 0.6 is 0 Å². The molecule has 0 bridgehead atoms. The van der Waals surface area contributed by atoms with Gasteiger partial charge >= 0.3 is 0 Å². The van der Waals surface area contributed by atoms with E-state index in [1.807, 2.05) is 31.7 Å². The number of hydrogen-bond acceptors (Lipinski definition) is 1. The molecule has 0 spiro atoms. The number of hydrogen-bond donors (Lipinski definition) is 0. The lowest BCUT2D eigenvalue weighted by atomic mass is 9.86. The molecular weight excluding hydrogens is 234 g/mol. The van der Waals surface area contributed by atoms with Gasteiger partial charge in [0, 0.05) is 20.0 Å². The number of rotatable bonds is 5. The Labute approximate surface area is 116 Å². The molecule has 2 nitrogen and oxygen atoms in total. The second kappa shape index (κ2) is 7.32. The SMILES string of the molecule is CN(Cc1ccccc1)C(=O)[CH]CC1CCCCC1. The average Bonchev–Trinajstić information content (AvgIpc) is 2.47. The van der Waals surface area contributed by atoms with Crippen LogP contribution in [0.4, 0.5) is 0 Å². The molecule has 0 aliphatic heterocycles. The fourth-order valence-electron chi connectivity index (χ4n) is 2.78. The molecule has 0 atom stereocenters. The van der Waals surface area contributed by atoms with Crippen molar-refractivity contribution in [2.24, 2.45) is 5.92 Å². The minimum Gasteiger partial charge on any atom is -0.341 e. The van der Waals surface area contributed by atoms with Gasteiger partial charge in [-0.15, -0.1) is 0 Å². The van der Waals surface area contributed by atoms with E-state index in [1.165, 1.54) is 37.7 Å². The topological polar surface area (TPSA) is 20.3 Å². The Morgan fingerprint density at radius 3 is 2.58 bits per heavy atom. The lowest BCUT2D eigenvalue weighted by molar-refractivity contribution is -0.127. The van der Waals surface area contributed by atoms with Crippen LogP contribution in [0.25, 0.3) is 0 Å². The van der Waals surface area contributed by atoms with Crippen molar-refractivity contribution in [2.75, 3.05) is 7.05 Å². The van der Waals surface area contributed by atoms with E-state index < -0.39 is 0 Å². The van der Waals surface area contributed by atoms with E-state index in [-0.39, 0.29) is 5.91 Å². The molecule has 0 aromatic heterocycles. The first-order valence-electron chi connectivity index (χ1n) is 7.38. The largest absolute Gasteiger partial charge is 0.341 e. The summed E-state index contributed by atoms with van der Waals surface area (Å²) >= 11 is 0. The highest BCUT2D eigenvalue weighted by Crippen LogP contribution is 2.27. The third kappa shape index (κ3) is 4.70. The standard InChI is InChI=1S/C17H24NO/c1-18(14-16-10-6-3-7-11-16)17(19)13-12-15-8-4-2-5-9-15/h3,6-7,10-11,13,15H,2,4-5,8-9,12,14H2,1H3. The molecule has 1 amide bonds. The van der Waals surface area contributed by atoms with Crippen molar-refractivity contribution in [1.82, 2.24) is 4.90 Å². The molecule has 19 heavy (non-hydrogen) atoms. The molecule has 2 heteroatoms. The maximum Gasteiger partial charge on any atom is 0.226 e. The summed E-state index contributed by atoms with van der Waals surface area (Å²) in [7, 11) is 1.88. The average molecular weight is 258 g/mol. The third-order valence-corrected chi connectivity index (χ3v) is 3.99. The summed E-state index contributed by atoms with van der Waals surface area (Å²) in [4.78, 5) is 13.9. The summed E-state index contributed by atoms with van der Waals surface area (Å²) in [5.41, 5.74) is 1.18. The van der Waals surface area contributed by atoms with Crippen molar-refractivity contribution in [3.8, 4) is 0 Å². The van der Waals surface area contributed by atoms with Crippen LogP contribution in [0.1, 0.15) is 44.1 Å².